The van der Waals surface area contributed by atoms with E-state index in [9.17, 15) is 13.2 Å². The van der Waals surface area contributed by atoms with Gasteiger partial charge in [-0.2, -0.15) is 13.5 Å². The van der Waals surface area contributed by atoms with Crippen molar-refractivity contribution in [3.63, 3.8) is 0 Å². The van der Waals surface area contributed by atoms with Crippen LogP contribution in [0.1, 0.15) is 61.6 Å². The predicted molar refractivity (Wildman–Crippen MR) is 138 cm³/mol. The lowest BCUT2D eigenvalue weighted by Gasteiger charge is -2.56. The normalized spacial score (nSPS) is 26.8. The van der Waals surface area contributed by atoms with Crippen LogP contribution in [0.5, 0.6) is 11.5 Å². The molecule has 8 heteroatoms. The number of hydrogen-bond donors (Lipinski definition) is 1. The molecule has 4 aliphatic carbocycles. The molecule has 4 saturated carbocycles. The molecule has 0 radical (unpaired) electrons. The van der Waals surface area contributed by atoms with Crippen molar-refractivity contribution < 1.29 is 22.1 Å². The number of amides is 1. The fraction of sp³-hybridized carbons (Fsp3) is 0.500. The highest BCUT2D eigenvalue weighted by Gasteiger charge is 2.51. The van der Waals surface area contributed by atoms with Crippen molar-refractivity contribution in [2.45, 2.75) is 63.7 Å². The third-order valence-electron chi connectivity index (χ3n) is 8.10. The highest BCUT2D eigenvalue weighted by Crippen LogP contribution is 2.61. The molecule has 0 spiro atoms. The summed E-state index contributed by atoms with van der Waals surface area (Å²) >= 11 is 0. The smallest absolute Gasteiger partial charge is 0.339 e. The van der Waals surface area contributed by atoms with Crippen LogP contribution in [0.15, 0.2) is 46.4 Å². The Labute approximate surface area is 213 Å². The van der Waals surface area contributed by atoms with Gasteiger partial charge in [0.05, 0.1) is 13.3 Å². The van der Waals surface area contributed by atoms with Crippen LogP contribution < -0.4 is 14.3 Å². The minimum absolute atomic E-state index is 0.0419. The summed E-state index contributed by atoms with van der Waals surface area (Å²) in [6, 6.07) is 10.0. The van der Waals surface area contributed by atoms with Gasteiger partial charge in [-0.3, -0.25) is 4.79 Å². The summed E-state index contributed by atoms with van der Waals surface area (Å²) in [7, 11) is -2.59. The largest absolute Gasteiger partial charge is 0.493 e. The van der Waals surface area contributed by atoms with Crippen LogP contribution in [0.2, 0.25) is 0 Å². The van der Waals surface area contributed by atoms with Crippen LogP contribution in [-0.4, -0.2) is 27.6 Å². The fourth-order valence-electron chi connectivity index (χ4n) is 7.04. The highest BCUT2D eigenvalue weighted by molar-refractivity contribution is 7.87. The van der Waals surface area contributed by atoms with E-state index in [2.05, 4.69) is 10.5 Å². The Kier molecular flexibility index (Phi) is 6.57. The van der Waals surface area contributed by atoms with Gasteiger partial charge >= 0.3 is 10.1 Å². The van der Waals surface area contributed by atoms with E-state index in [4.69, 9.17) is 8.92 Å². The third-order valence-corrected chi connectivity index (χ3v) is 9.48. The van der Waals surface area contributed by atoms with Crippen molar-refractivity contribution in [3.8, 4) is 11.5 Å². The lowest BCUT2D eigenvalue weighted by atomic mass is 9.49. The predicted octanol–water partition coefficient (Wildman–Crippen LogP) is 5.14. The second-order valence-electron chi connectivity index (χ2n) is 11.1. The molecule has 4 aliphatic rings. The standard InChI is InChI=1S/C28H34N2O5S/c1-18-4-5-19(2)26(8-18)36(32,33)35-24-7-6-20(12-25(24)34-3)17-29-30-27(31)16-28-13-21-9-22(14-28)11-23(10-21)15-28/h4-8,12,17,21-23H,9-11,13-16H2,1-3H3,(H,30,31). The Balaban J connectivity index is 1.23. The molecule has 2 aromatic rings. The van der Waals surface area contributed by atoms with Gasteiger partial charge in [0.15, 0.2) is 11.5 Å². The van der Waals surface area contributed by atoms with Crippen LogP contribution in [0.4, 0.5) is 0 Å². The van der Waals surface area contributed by atoms with Crippen LogP contribution in [0, 0.1) is 37.0 Å². The van der Waals surface area contributed by atoms with Gasteiger partial charge in [-0.1, -0.05) is 12.1 Å². The topological polar surface area (TPSA) is 94.1 Å². The number of nitrogens with one attached hydrogen (secondary N) is 1. The molecule has 7 nitrogen and oxygen atoms in total. The van der Waals surface area contributed by atoms with Gasteiger partial charge in [-0.05, 0) is 116 Å². The Hall–Kier alpha value is -2.87. The molecular weight excluding hydrogens is 476 g/mol. The molecule has 0 aromatic heterocycles. The molecule has 0 unspecified atom stereocenters. The molecule has 36 heavy (non-hydrogen) atoms. The maximum absolute atomic E-state index is 12.9. The molecule has 0 saturated heterocycles. The third kappa shape index (κ3) is 5.14. The number of carbonyl (C=O) groups is 1. The van der Waals surface area contributed by atoms with Gasteiger partial charge in [-0.15, -0.1) is 0 Å². The number of aryl methyl sites for hydroxylation is 2. The van der Waals surface area contributed by atoms with Crippen molar-refractivity contribution in [1.82, 2.24) is 5.43 Å². The van der Waals surface area contributed by atoms with Crippen LogP contribution in [0.25, 0.3) is 0 Å². The summed E-state index contributed by atoms with van der Waals surface area (Å²) in [5.74, 6) is 2.71. The Bertz CT molecular complexity index is 1270. The first-order chi connectivity index (χ1) is 17.1. The summed E-state index contributed by atoms with van der Waals surface area (Å²) in [4.78, 5) is 12.8. The van der Waals surface area contributed by atoms with Gasteiger partial charge in [0.2, 0.25) is 5.91 Å². The van der Waals surface area contributed by atoms with Gasteiger partial charge < -0.3 is 8.92 Å². The minimum atomic E-state index is -4.03. The number of hydrogen-bond acceptors (Lipinski definition) is 6. The van der Waals surface area contributed by atoms with E-state index in [1.54, 1.807) is 31.2 Å². The molecule has 1 amide bonds. The molecule has 4 fully saturated rings. The van der Waals surface area contributed by atoms with Crippen molar-refractivity contribution in [3.05, 3.63) is 53.1 Å². The van der Waals surface area contributed by atoms with E-state index in [1.807, 2.05) is 13.0 Å². The molecule has 0 aliphatic heterocycles. The molecule has 0 atom stereocenters. The summed E-state index contributed by atoms with van der Waals surface area (Å²) in [5.41, 5.74) is 4.94. The molecule has 4 bridgehead atoms. The van der Waals surface area contributed by atoms with E-state index in [1.165, 1.54) is 57.9 Å². The van der Waals surface area contributed by atoms with Gasteiger partial charge in [0.25, 0.3) is 0 Å². The zero-order valence-electron chi connectivity index (χ0n) is 21.1. The lowest BCUT2D eigenvalue weighted by Crippen LogP contribution is -2.47. The van der Waals surface area contributed by atoms with E-state index in [0.717, 1.165) is 23.3 Å². The first-order valence-electron chi connectivity index (χ1n) is 12.7. The molecular formula is C28H34N2O5S. The average Bonchev–Trinajstić information content (AvgIpc) is 2.80. The van der Waals surface area contributed by atoms with E-state index in [0.29, 0.717) is 17.5 Å². The van der Waals surface area contributed by atoms with Gasteiger partial charge in [0, 0.05) is 6.42 Å². The Morgan fingerprint density at radius 3 is 2.33 bits per heavy atom. The second-order valence-corrected chi connectivity index (χ2v) is 12.6. The van der Waals surface area contributed by atoms with Crippen molar-refractivity contribution >= 4 is 22.2 Å². The number of nitrogens with zero attached hydrogens (tertiary/aromatic N) is 1. The van der Waals surface area contributed by atoms with Crippen molar-refractivity contribution in [1.29, 1.82) is 0 Å². The zero-order chi connectivity index (χ0) is 25.5. The first-order valence-corrected chi connectivity index (χ1v) is 14.1. The maximum Gasteiger partial charge on any atom is 0.339 e. The van der Waals surface area contributed by atoms with Crippen LogP contribution in [0.3, 0.4) is 0 Å². The Morgan fingerprint density at radius 1 is 1.03 bits per heavy atom. The van der Waals surface area contributed by atoms with E-state index in [-0.39, 0.29) is 27.7 Å². The molecule has 6 rings (SSSR count). The van der Waals surface area contributed by atoms with Crippen molar-refractivity contribution in [2.75, 3.05) is 7.11 Å². The molecule has 1 N–H and O–H groups in total. The number of methoxy groups -OCH3 is 1. The van der Waals surface area contributed by atoms with E-state index >= 15 is 0 Å². The Morgan fingerprint density at radius 2 is 1.69 bits per heavy atom. The summed E-state index contributed by atoms with van der Waals surface area (Å²) in [5, 5.41) is 4.15. The molecule has 2 aromatic carbocycles. The number of rotatable bonds is 8. The lowest BCUT2D eigenvalue weighted by molar-refractivity contribution is -0.129. The summed E-state index contributed by atoms with van der Waals surface area (Å²) in [6.07, 6.45) is 9.67. The second kappa shape index (κ2) is 9.54. The fourth-order valence-corrected chi connectivity index (χ4v) is 8.29. The number of carbonyl (C=O) groups excluding carboxylic acids is 1. The average molecular weight is 511 g/mol. The quantitative estimate of drug-likeness (QED) is 0.302. The van der Waals surface area contributed by atoms with Crippen LogP contribution in [-0.2, 0) is 14.9 Å². The van der Waals surface area contributed by atoms with Gasteiger partial charge in [0.1, 0.15) is 4.90 Å². The monoisotopic (exact) mass is 510 g/mol. The van der Waals surface area contributed by atoms with Gasteiger partial charge in [-0.25, -0.2) is 5.43 Å². The molecule has 192 valence electrons. The number of hydrazone groups is 1. The number of ether oxygens (including phenoxy) is 1. The zero-order valence-corrected chi connectivity index (χ0v) is 21.9. The van der Waals surface area contributed by atoms with Crippen LogP contribution >= 0.6 is 0 Å². The van der Waals surface area contributed by atoms with E-state index < -0.39 is 10.1 Å². The maximum atomic E-state index is 12.9. The first kappa shape index (κ1) is 24.8. The van der Waals surface area contributed by atoms with Crippen molar-refractivity contribution in [2.24, 2.45) is 28.3 Å². The highest BCUT2D eigenvalue weighted by atomic mass is 32.2. The minimum Gasteiger partial charge on any atom is -0.493 e. The summed E-state index contributed by atoms with van der Waals surface area (Å²) < 4.78 is 36.5. The summed E-state index contributed by atoms with van der Waals surface area (Å²) in [6.45, 7) is 3.55. The number of benzene rings is 2. The molecule has 0 heterocycles. The SMILES string of the molecule is COc1cc(C=NNC(=O)CC23CC4CC(CC(C4)C2)C3)ccc1OS(=O)(=O)c1cc(C)ccc1C.